The lowest BCUT2D eigenvalue weighted by molar-refractivity contribution is -0.113. The average Bonchev–Trinajstić information content (AvgIpc) is 3.23. The van der Waals surface area contributed by atoms with Gasteiger partial charge in [0.2, 0.25) is 5.91 Å². The number of aryl methyl sites for hydroxylation is 1. The fraction of sp³-hybridized carbons (Fsp3) is 0.235. The third-order valence-electron chi connectivity index (χ3n) is 3.53. The highest BCUT2D eigenvalue weighted by Gasteiger charge is 2.14. The molecule has 124 valence electrons. The lowest BCUT2D eigenvalue weighted by Crippen LogP contribution is -2.14. The minimum Gasteiger partial charge on any atom is -0.461 e. The first-order valence-electron chi connectivity index (χ1n) is 7.62. The summed E-state index contributed by atoms with van der Waals surface area (Å²) in [6.45, 7) is 2.08. The number of hydrogen-bond acceptors (Lipinski definition) is 5. The van der Waals surface area contributed by atoms with E-state index in [1.807, 2.05) is 41.9 Å². The number of nitrogens with zero attached hydrogens (tertiary/aromatic N) is 3. The van der Waals surface area contributed by atoms with E-state index < -0.39 is 0 Å². The van der Waals surface area contributed by atoms with E-state index in [-0.39, 0.29) is 11.7 Å². The van der Waals surface area contributed by atoms with Crippen LogP contribution in [0.5, 0.6) is 0 Å². The number of rotatable bonds is 6. The summed E-state index contributed by atoms with van der Waals surface area (Å²) >= 11 is 1.34. The first-order valence-corrected chi connectivity index (χ1v) is 8.60. The molecule has 0 spiro atoms. The molecule has 0 aliphatic heterocycles. The van der Waals surface area contributed by atoms with Crippen molar-refractivity contribution in [1.82, 2.24) is 14.8 Å². The Hall–Kier alpha value is -2.54. The summed E-state index contributed by atoms with van der Waals surface area (Å²) in [7, 11) is 1.85. The van der Waals surface area contributed by atoms with Gasteiger partial charge in [0, 0.05) is 12.7 Å². The minimum absolute atomic E-state index is 0.0733. The smallest absolute Gasteiger partial charge is 0.234 e. The highest BCUT2D eigenvalue weighted by atomic mass is 32.2. The van der Waals surface area contributed by atoms with Crippen LogP contribution < -0.4 is 5.32 Å². The van der Waals surface area contributed by atoms with Crippen LogP contribution in [0.4, 0.5) is 5.69 Å². The zero-order chi connectivity index (χ0) is 16.9. The van der Waals surface area contributed by atoms with Crippen molar-refractivity contribution in [2.45, 2.75) is 18.5 Å². The van der Waals surface area contributed by atoms with Crippen LogP contribution in [0.15, 0.2) is 52.2 Å². The van der Waals surface area contributed by atoms with Gasteiger partial charge in [-0.1, -0.05) is 30.8 Å². The van der Waals surface area contributed by atoms with Gasteiger partial charge in [-0.2, -0.15) is 0 Å². The van der Waals surface area contributed by atoms with Gasteiger partial charge in [0.1, 0.15) is 0 Å². The van der Waals surface area contributed by atoms with E-state index in [0.717, 1.165) is 12.1 Å². The standard InChI is InChI=1S/C17H18N4O2S/c1-3-12-6-4-7-13(10-12)18-15(22)11-24-17-20-19-16(21(17)2)14-8-5-9-23-14/h4-10H,3,11H2,1-2H3,(H,18,22). The average molecular weight is 342 g/mol. The molecule has 0 saturated heterocycles. The Morgan fingerprint density at radius 3 is 2.92 bits per heavy atom. The third-order valence-corrected chi connectivity index (χ3v) is 4.55. The van der Waals surface area contributed by atoms with Gasteiger partial charge < -0.3 is 14.3 Å². The lowest BCUT2D eigenvalue weighted by Gasteiger charge is -2.06. The molecule has 0 atom stereocenters. The van der Waals surface area contributed by atoms with Crippen LogP contribution in [0, 0.1) is 0 Å². The van der Waals surface area contributed by atoms with Crippen molar-refractivity contribution < 1.29 is 9.21 Å². The Bertz CT molecular complexity index is 827. The summed E-state index contributed by atoms with van der Waals surface area (Å²) in [5.74, 6) is 1.48. The van der Waals surface area contributed by atoms with Crippen molar-refractivity contribution in [1.29, 1.82) is 0 Å². The number of carbonyl (C=O) groups excluding carboxylic acids is 1. The molecule has 0 bridgehead atoms. The predicted octanol–water partition coefficient (Wildman–Crippen LogP) is 3.37. The van der Waals surface area contributed by atoms with Crippen molar-refractivity contribution in [2.75, 3.05) is 11.1 Å². The van der Waals surface area contributed by atoms with Crippen LogP contribution >= 0.6 is 11.8 Å². The second-order valence-corrected chi connectivity index (χ2v) is 6.18. The second-order valence-electron chi connectivity index (χ2n) is 5.23. The fourth-order valence-corrected chi connectivity index (χ4v) is 2.97. The molecule has 3 aromatic rings. The molecule has 1 amide bonds. The van der Waals surface area contributed by atoms with Crippen LogP contribution in [0.2, 0.25) is 0 Å². The van der Waals surface area contributed by atoms with Gasteiger partial charge in [0.25, 0.3) is 0 Å². The monoisotopic (exact) mass is 342 g/mol. The molecule has 1 N–H and O–H groups in total. The van der Waals surface area contributed by atoms with E-state index in [4.69, 9.17) is 4.42 Å². The summed E-state index contributed by atoms with van der Waals surface area (Å²) in [4.78, 5) is 12.1. The summed E-state index contributed by atoms with van der Waals surface area (Å²) in [6, 6.07) is 11.5. The number of benzene rings is 1. The van der Waals surface area contributed by atoms with E-state index in [0.29, 0.717) is 16.7 Å². The molecule has 2 heterocycles. The zero-order valence-electron chi connectivity index (χ0n) is 13.5. The van der Waals surface area contributed by atoms with E-state index in [2.05, 4.69) is 22.4 Å². The summed E-state index contributed by atoms with van der Waals surface area (Å²) < 4.78 is 7.14. The maximum atomic E-state index is 12.1. The molecule has 3 rings (SSSR count). The summed E-state index contributed by atoms with van der Waals surface area (Å²) in [5.41, 5.74) is 2.01. The third kappa shape index (κ3) is 3.68. The fourth-order valence-electron chi connectivity index (χ4n) is 2.26. The summed E-state index contributed by atoms with van der Waals surface area (Å²) in [6.07, 6.45) is 2.53. The highest BCUT2D eigenvalue weighted by molar-refractivity contribution is 7.99. The Balaban J connectivity index is 1.60. The number of nitrogens with one attached hydrogen (secondary N) is 1. The first-order chi connectivity index (χ1) is 11.7. The largest absolute Gasteiger partial charge is 0.461 e. The molecule has 1 aromatic carbocycles. The second kappa shape index (κ2) is 7.35. The van der Waals surface area contributed by atoms with Crippen molar-refractivity contribution in [3.63, 3.8) is 0 Å². The quantitative estimate of drug-likeness (QED) is 0.695. The number of aromatic nitrogens is 3. The first kappa shape index (κ1) is 16.3. The van der Waals surface area contributed by atoms with Crippen molar-refractivity contribution in [3.05, 3.63) is 48.2 Å². The molecule has 6 nitrogen and oxygen atoms in total. The zero-order valence-corrected chi connectivity index (χ0v) is 14.3. The topological polar surface area (TPSA) is 73.0 Å². The molecular formula is C17H18N4O2S. The normalized spacial score (nSPS) is 10.8. The Kier molecular flexibility index (Phi) is 5.00. The number of carbonyl (C=O) groups is 1. The maximum absolute atomic E-state index is 12.1. The van der Waals surface area contributed by atoms with E-state index in [1.54, 1.807) is 12.3 Å². The SMILES string of the molecule is CCc1cccc(NC(=O)CSc2nnc(-c3ccco3)n2C)c1. The van der Waals surface area contributed by atoms with Gasteiger partial charge in [0.15, 0.2) is 16.7 Å². The highest BCUT2D eigenvalue weighted by Crippen LogP contribution is 2.23. The van der Waals surface area contributed by atoms with Crippen molar-refractivity contribution >= 4 is 23.4 Å². The minimum atomic E-state index is -0.0733. The predicted molar refractivity (Wildman–Crippen MR) is 93.9 cm³/mol. The Morgan fingerprint density at radius 1 is 1.29 bits per heavy atom. The van der Waals surface area contributed by atoms with Crippen LogP contribution in [0.1, 0.15) is 12.5 Å². The van der Waals surface area contributed by atoms with Gasteiger partial charge in [-0.3, -0.25) is 4.79 Å². The van der Waals surface area contributed by atoms with Crippen LogP contribution in [0.3, 0.4) is 0 Å². The molecular weight excluding hydrogens is 324 g/mol. The molecule has 0 fully saturated rings. The molecule has 0 saturated carbocycles. The van der Waals surface area contributed by atoms with Gasteiger partial charge in [0.05, 0.1) is 12.0 Å². The van der Waals surface area contributed by atoms with E-state index >= 15 is 0 Å². The van der Waals surface area contributed by atoms with E-state index in [9.17, 15) is 4.79 Å². The molecule has 2 aromatic heterocycles. The number of amides is 1. The van der Waals surface area contributed by atoms with Gasteiger partial charge in [-0.05, 0) is 36.2 Å². The molecule has 0 aliphatic rings. The van der Waals surface area contributed by atoms with Crippen LogP contribution in [-0.4, -0.2) is 26.4 Å². The van der Waals surface area contributed by atoms with Gasteiger partial charge >= 0.3 is 0 Å². The molecule has 0 aliphatic carbocycles. The molecule has 0 radical (unpaired) electrons. The number of thioether (sulfide) groups is 1. The molecule has 0 unspecified atom stereocenters. The van der Waals surface area contributed by atoms with Crippen molar-refractivity contribution in [3.8, 4) is 11.6 Å². The Labute approximate surface area is 144 Å². The van der Waals surface area contributed by atoms with E-state index in [1.165, 1.54) is 17.3 Å². The van der Waals surface area contributed by atoms with Gasteiger partial charge in [-0.15, -0.1) is 10.2 Å². The van der Waals surface area contributed by atoms with Crippen LogP contribution in [0.25, 0.3) is 11.6 Å². The number of furan rings is 1. The maximum Gasteiger partial charge on any atom is 0.234 e. The lowest BCUT2D eigenvalue weighted by atomic mass is 10.1. The number of hydrogen-bond donors (Lipinski definition) is 1. The number of anilines is 1. The Morgan fingerprint density at radius 2 is 2.17 bits per heavy atom. The van der Waals surface area contributed by atoms with Gasteiger partial charge in [-0.25, -0.2) is 0 Å². The molecule has 24 heavy (non-hydrogen) atoms. The summed E-state index contributed by atoms with van der Waals surface area (Å²) in [5, 5.41) is 11.8. The van der Waals surface area contributed by atoms with Crippen LogP contribution in [-0.2, 0) is 18.3 Å². The molecule has 7 heteroatoms. The van der Waals surface area contributed by atoms with Crippen molar-refractivity contribution in [2.24, 2.45) is 7.05 Å².